The zero-order valence-corrected chi connectivity index (χ0v) is 21.9. The quantitative estimate of drug-likeness (QED) is 0.153. The third-order valence-electron chi connectivity index (χ3n) is 7.85. The molecule has 0 bridgehead atoms. The minimum absolute atomic E-state index is 0.0703. The molecule has 4 aromatic rings. The molecule has 4 aromatic carbocycles. The molecular formula is C30H26O13. The van der Waals surface area contributed by atoms with E-state index >= 15 is 0 Å². The van der Waals surface area contributed by atoms with Crippen molar-refractivity contribution in [2.45, 2.75) is 36.4 Å². The first-order chi connectivity index (χ1) is 20.4. The summed E-state index contributed by atoms with van der Waals surface area (Å²) in [7, 11) is 0. The van der Waals surface area contributed by atoms with Crippen LogP contribution in [0.15, 0.2) is 54.6 Å². The monoisotopic (exact) mass is 594 g/mol. The molecule has 13 heteroatoms. The van der Waals surface area contributed by atoms with Crippen molar-refractivity contribution in [3.8, 4) is 57.5 Å². The van der Waals surface area contributed by atoms with Gasteiger partial charge in [0, 0.05) is 22.6 Å². The molecule has 13 nitrogen and oxygen atoms in total. The summed E-state index contributed by atoms with van der Waals surface area (Å²) in [6.07, 6.45) is -7.67. The molecule has 0 saturated carbocycles. The van der Waals surface area contributed by atoms with Gasteiger partial charge < -0.3 is 65.6 Å². The first-order valence-corrected chi connectivity index (χ1v) is 12.9. The molecular weight excluding hydrogens is 568 g/mol. The first kappa shape index (κ1) is 27.9. The lowest BCUT2D eigenvalue weighted by Crippen LogP contribution is -2.36. The Balaban J connectivity index is 1.49. The Bertz CT molecular complexity index is 1750. The van der Waals surface area contributed by atoms with Crippen LogP contribution in [0.2, 0.25) is 0 Å². The largest absolute Gasteiger partial charge is 0.504 e. The van der Waals surface area contributed by atoms with Gasteiger partial charge in [-0.1, -0.05) is 18.2 Å². The summed E-state index contributed by atoms with van der Waals surface area (Å²) in [5.41, 5.74) is 0.00293. The second-order valence-corrected chi connectivity index (χ2v) is 10.4. The van der Waals surface area contributed by atoms with Crippen LogP contribution in [0.1, 0.15) is 52.0 Å². The van der Waals surface area contributed by atoms with E-state index in [0.29, 0.717) is 0 Å². The molecule has 43 heavy (non-hydrogen) atoms. The van der Waals surface area contributed by atoms with Crippen molar-refractivity contribution >= 4 is 0 Å². The van der Waals surface area contributed by atoms with Gasteiger partial charge in [0.05, 0.1) is 0 Å². The number of hydrogen-bond acceptors (Lipinski definition) is 13. The molecule has 11 N–H and O–H groups in total. The molecule has 6 rings (SSSR count). The van der Waals surface area contributed by atoms with Crippen molar-refractivity contribution < 1.29 is 65.6 Å². The Hall–Kier alpha value is -5.24. The van der Waals surface area contributed by atoms with Gasteiger partial charge in [-0.2, -0.15) is 0 Å². The predicted octanol–water partition coefficient (Wildman–Crippen LogP) is 2.49. The summed E-state index contributed by atoms with van der Waals surface area (Å²) in [6.45, 7) is 0. The number of phenolic OH excluding ortho intramolecular Hbond substituents is 8. The van der Waals surface area contributed by atoms with Crippen LogP contribution >= 0.6 is 0 Å². The van der Waals surface area contributed by atoms with Gasteiger partial charge in [-0.25, -0.2) is 0 Å². The van der Waals surface area contributed by atoms with Crippen LogP contribution in [-0.2, 0) is 0 Å². The second kappa shape index (κ2) is 9.94. The number of benzene rings is 4. The van der Waals surface area contributed by atoms with E-state index in [4.69, 9.17) is 9.47 Å². The van der Waals surface area contributed by atoms with Gasteiger partial charge in [-0.3, -0.25) is 0 Å². The number of hydrogen-bond donors (Lipinski definition) is 11. The zero-order chi connectivity index (χ0) is 30.9. The maximum Gasteiger partial charge on any atom is 0.201 e. The van der Waals surface area contributed by atoms with Crippen molar-refractivity contribution in [1.82, 2.24) is 0 Å². The predicted molar refractivity (Wildman–Crippen MR) is 145 cm³/mol. The number of aromatic hydroxyl groups is 8. The third kappa shape index (κ3) is 4.29. The molecule has 0 fully saturated rings. The Morgan fingerprint density at radius 2 is 0.953 bits per heavy atom. The highest BCUT2D eigenvalue weighted by molar-refractivity contribution is 5.66. The lowest BCUT2D eigenvalue weighted by atomic mass is 9.78. The maximum atomic E-state index is 11.6. The van der Waals surface area contributed by atoms with E-state index in [2.05, 4.69) is 0 Å². The number of rotatable bonds is 3. The van der Waals surface area contributed by atoms with Gasteiger partial charge in [0.15, 0.2) is 58.2 Å². The topological polar surface area (TPSA) is 241 Å². The molecule has 2 aliphatic rings. The highest BCUT2D eigenvalue weighted by Gasteiger charge is 2.45. The van der Waals surface area contributed by atoms with E-state index in [1.54, 1.807) is 0 Å². The average Bonchev–Trinajstić information content (AvgIpc) is 2.98. The van der Waals surface area contributed by atoms with E-state index in [-0.39, 0.29) is 33.6 Å². The molecule has 224 valence electrons. The molecule has 0 unspecified atom stereocenters. The SMILES string of the molecule is Oc1ccc([C@H]2Oc3c(ccc(O)c3O)[C@H](c3cc4c(c(O)c3O)O[C@H](c3ccc(O)c(O)c3)[C@H](O)[C@H]4O)[C@H]2O)cc1O. The number of phenols is 8. The van der Waals surface area contributed by atoms with Crippen LogP contribution in [0.4, 0.5) is 0 Å². The fraction of sp³-hybridized carbons (Fsp3) is 0.200. The number of aliphatic hydroxyl groups excluding tert-OH is 3. The van der Waals surface area contributed by atoms with Crippen molar-refractivity contribution in [1.29, 1.82) is 0 Å². The number of fused-ring (bicyclic) bond motifs is 2. The van der Waals surface area contributed by atoms with Crippen LogP contribution in [0.5, 0.6) is 57.5 Å². The Labute approximate surface area is 242 Å². The van der Waals surface area contributed by atoms with Crippen molar-refractivity contribution in [3.05, 3.63) is 82.4 Å². The molecule has 0 amide bonds. The van der Waals surface area contributed by atoms with Crippen molar-refractivity contribution in [3.63, 3.8) is 0 Å². The highest BCUT2D eigenvalue weighted by Crippen LogP contribution is 2.57. The Morgan fingerprint density at radius 1 is 0.442 bits per heavy atom. The van der Waals surface area contributed by atoms with E-state index in [9.17, 15) is 56.2 Å². The minimum Gasteiger partial charge on any atom is -0.504 e. The van der Waals surface area contributed by atoms with Gasteiger partial charge in [0.1, 0.15) is 18.3 Å². The molecule has 0 aliphatic carbocycles. The summed E-state index contributed by atoms with van der Waals surface area (Å²) >= 11 is 0. The fourth-order valence-corrected chi connectivity index (χ4v) is 5.63. The summed E-state index contributed by atoms with van der Waals surface area (Å²) in [4.78, 5) is 0. The molecule has 0 saturated heterocycles. The molecule has 6 atom stereocenters. The van der Waals surface area contributed by atoms with E-state index in [1.165, 1.54) is 24.3 Å². The lowest BCUT2D eigenvalue weighted by Gasteiger charge is -2.39. The third-order valence-corrected chi connectivity index (χ3v) is 7.85. The number of ether oxygens (including phenoxy) is 2. The molecule has 2 heterocycles. The van der Waals surface area contributed by atoms with Crippen LogP contribution in [-0.4, -0.2) is 68.4 Å². The molecule has 2 aliphatic heterocycles. The molecule has 0 spiro atoms. The summed E-state index contributed by atoms with van der Waals surface area (Å²) in [5.74, 6) is -6.80. The van der Waals surface area contributed by atoms with Crippen LogP contribution in [0.25, 0.3) is 0 Å². The maximum absolute atomic E-state index is 11.6. The fourth-order valence-electron chi connectivity index (χ4n) is 5.63. The van der Waals surface area contributed by atoms with E-state index < -0.39 is 88.2 Å². The molecule has 0 aromatic heterocycles. The standard InChI is InChI=1S/C30H26O13/c31-15-4-1-10(7-18(15)34)27-24(39)20(12-3-6-17(33)23(38)29(12)42-27)13-9-14-22(37)25(40)28(43-30(14)26(41)21(13)36)11-2-5-16(32)19(35)8-11/h1-9,20,22,24-25,27-28,31-41H/t20-,22+,24-,25-,27-,28-/m1/s1. The van der Waals surface area contributed by atoms with Gasteiger partial charge in [0.25, 0.3) is 0 Å². The van der Waals surface area contributed by atoms with Gasteiger partial charge in [-0.05, 0) is 47.5 Å². The summed E-state index contributed by atoms with van der Waals surface area (Å²) in [5, 5.41) is 116. The van der Waals surface area contributed by atoms with Gasteiger partial charge >= 0.3 is 0 Å². The van der Waals surface area contributed by atoms with Crippen LogP contribution < -0.4 is 9.47 Å². The summed E-state index contributed by atoms with van der Waals surface area (Å²) in [6, 6.07) is 10.8. The summed E-state index contributed by atoms with van der Waals surface area (Å²) < 4.78 is 11.6. The Kier molecular flexibility index (Phi) is 6.45. The smallest absolute Gasteiger partial charge is 0.201 e. The van der Waals surface area contributed by atoms with Gasteiger partial charge in [0.2, 0.25) is 11.5 Å². The lowest BCUT2D eigenvalue weighted by molar-refractivity contribution is -0.0712. The first-order valence-electron chi connectivity index (χ1n) is 12.9. The van der Waals surface area contributed by atoms with Crippen molar-refractivity contribution in [2.75, 3.05) is 0 Å². The highest BCUT2D eigenvalue weighted by atomic mass is 16.5. The second-order valence-electron chi connectivity index (χ2n) is 10.4. The molecule has 0 radical (unpaired) electrons. The van der Waals surface area contributed by atoms with Gasteiger partial charge in [-0.15, -0.1) is 0 Å². The van der Waals surface area contributed by atoms with E-state index in [0.717, 1.165) is 30.3 Å². The van der Waals surface area contributed by atoms with Crippen LogP contribution in [0.3, 0.4) is 0 Å². The normalized spacial score (nSPS) is 24.3. The number of aliphatic hydroxyl groups is 3. The van der Waals surface area contributed by atoms with E-state index in [1.807, 2.05) is 0 Å². The zero-order valence-electron chi connectivity index (χ0n) is 21.9. The average molecular weight is 595 g/mol. The minimum atomic E-state index is -1.72. The van der Waals surface area contributed by atoms with Crippen molar-refractivity contribution in [2.24, 2.45) is 0 Å². The van der Waals surface area contributed by atoms with Crippen LogP contribution in [0, 0.1) is 0 Å². The Morgan fingerprint density at radius 3 is 1.51 bits per heavy atom.